The lowest BCUT2D eigenvalue weighted by Gasteiger charge is -2.27. The smallest absolute Gasteiger partial charge is 0.204 e. The van der Waals surface area contributed by atoms with E-state index in [4.69, 9.17) is 21.1 Å². The molecular formula is C8H15ClO2. The van der Waals surface area contributed by atoms with Crippen LogP contribution in [0.15, 0.2) is 12.8 Å². The number of halogens is 1. The van der Waals surface area contributed by atoms with Crippen LogP contribution in [0, 0.1) is 0 Å². The van der Waals surface area contributed by atoms with Gasteiger partial charge in [-0.3, -0.25) is 0 Å². The lowest BCUT2D eigenvalue weighted by atomic mass is 10.3. The standard InChI is InChI=1S/C8H15ClO2/c1-5-10-8(3,4)11-7(2)6-9/h5,7H,1,6H2,2-4H3. The summed E-state index contributed by atoms with van der Waals surface area (Å²) in [5, 5.41) is 0. The largest absolute Gasteiger partial charge is 0.471 e. The number of hydrogen-bond acceptors (Lipinski definition) is 2. The minimum Gasteiger partial charge on any atom is -0.471 e. The SMILES string of the molecule is C=COC(C)(C)OC(C)CCl. The molecule has 1 unspecified atom stereocenters. The molecule has 0 aromatic heterocycles. The summed E-state index contributed by atoms with van der Waals surface area (Å²) in [5.41, 5.74) is 0. The minimum absolute atomic E-state index is 0.00776. The van der Waals surface area contributed by atoms with Gasteiger partial charge in [-0.25, -0.2) is 0 Å². The van der Waals surface area contributed by atoms with Crippen LogP contribution in [0.25, 0.3) is 0 Å². The Bertz CT molecular complexity index is 123. The van der Waals surface area contributed by atoms with E-state index in [9.17, 15) is 0 Å². The number of alkyl halides is 1. The number of rotatable bonds is 5. The Morgan fingerprint density at radius 1 is 1.64 bits per heavy atom. The van der Waals surface area contributed by atoms with Crippen molar-refractivity contribution in [1.82, 2.24) is 0 Å². The summed E-state index contributed by atoms with van der Waals surface area (Å²) in [7, 11) is 0. The maximum Gasteiger partial charge on any atom is 0.204 e. The van der Waals surface area contributed by atoms with Crippen molar-refractivity contribution < 1.29 is 9.47 Å². The molecule has 3 heteroatoms. The zero-order valence-corrected chi connectivity index (χ0v) is 8.02. The van der Waals surface area contributed by atoms with Gasteiger partial charge >= 0.3 is 0 Å². The van der Waals surface area contributed by atoms with Crippen molar-refractivity contribution >= 4 is 11.6 Å². The molecule has 66 valence electrons. The Kier molecular flexibility index (Phi) is 4.54. The van der Waals surface area contributed by atoms with Gasteiger partial charge < -0.3 is 9.47 Å². The van der Waals surface area contributed by atoms with Gasteiger partial charge in [0, 0.05) is 19.7 Å². The molecule has 0 spiro atoms. The molecule has 2 nitrogen and oxygen atoms in total. The average Bonchev–Trinajstić information content (AvgIpc) is 1.86. The molecule has 0 saturated carbocycles. The van der Waals surface area contributed by atoms with Crippen molar-refractivity contribution in [2.24, 2.45) is 0 Å². The molecule has 0 radical (unpaired) electrons. The van der Waals surface area contributed by atoms with Crippen LogP contribution < -0.4 is 0 Å². The van der Waals surface area contributed by atoms with Gasteiger partial charge in [0.15, 0.2) is 0 Å². The van der Waals surface area contributed by atoms with E-state index in [1.54, 1.807) is 0 Å². The maximum absolute atomic E-state index is 5.55. The molecule has 0 aliphatic rings. The van der Waals surface area contributed by atoms with Crippen molar-refractivity contribution in [2.75, 3.05) is 5.88 Å². The fourth-order valence-corrected chi connectivity index (χ4v) is 0.807. The van der Waals surface area contributed by atoms with Gasteiger partial charge in [-0.2, -0.15) is 0 Å². The first-order chi connectivity index (χ1) is 5.02. The van der Waals surface area contributed by atoms with Crippen molar-refractivity contribution in [2.45, 2.75) is 32.7 Å². The highest BCUT2D eigenvalue weighted by atomic mass is 35.5. The predicted molar refractivity (Wildman–Crippen MR) is 46.6 cm³/mol. The summed E-state index contributed by atoms with van der Waals surface area (Å²) >= 11 is 5.55. The van der Waals surface area contributed by atoms with Gasteiger partial charge in [0.25, 0.3) is 0 Å². The Morgan fingerprint density at radius 2 is 2.18 bits per heavy atom. The molecule has 0 heterocycles. The third-order valence-corrected chi connectivity index (χ3v) is 1.50. The van der Waals surface area contributed by atoms with E-state index in [1.165, 1.54) is 6.26 Å². The molecule has 0 aliphatic carbocycles. The van der Waals surface area contributed by atoms with E-state index in [2.05, 4.69) is 6.58 Å². The summed E-state index contributed by atoms with van der Waals surface area (Å²) in [4.78, 5) is 0. The van der Waals surface area contributed by atoms with Gasteiger partial charge in [-0.05, 0) is 6.92 Å². The molecule has 0 aromatic rings. The predicted octanol–water partition coefficient (Wildman–Crippen LogP) is 2.53. The second-order valence-corrected chi connectivity index (χ2v) is 3.08. The van der Waals surface area contributed by atoms with Crippen LogP contribution in [0.4, 0.5) is 0 Å². The minimum atomic E-state index is -0.629. The highest BCUT2D eigenvalue weighted by Crippen LogP contribution is 2.14. The zero-order chi connectivity index (χ0) is 8.91. The van der Waals surface area contributed by atoms with E-state index in [0.717, 1.165) is 0 Å². The fraction of sp³-hybridized carbons (Fsp3) is 0.750. The zero-order valence-electron chi connectivity index (χ0n) is 7.26. The summed E-state index contributed by atoms with van der Waals surface area (Å²) in [6.07, 6.45) is 1.35. The van der Waals surface area contributed by atoms with Gasteiger partial charge in [0.1, 0.15) is 0 Å². The van der Waals surface area contributed by atoms with E-state index in [-0.39, 0.29) is 6.10 Å². The molecule has 0 aromatic carbocycles. The van der Waals surface area contributed by atoms with E-state index in [0.29, 0.717) is 5.88 Å². The van der Waals surface area contributed by atoms with E-state index < -0.39 is 5.79 Å². The van der Waals surface area contributed by atoms with Gasteiger partial charge in [-0.15, -0.1) is 11.6 Å². The van der Waals surface area contributed by atoms with Crippen molar-refractivity contribution in [3.8, 4) is 0 Å². The average molecular weight is 179 g/mol. The van der Waals surface area contributed by atoms with Crippen molar-refractivity contribution in [1.29, 1.82) is 0 Å². The van der Waals surface area contributed by atoms with Gasteiger partial charge in [-0.1, -0.05) is 6.58 Å². The number of ether oxygens (including phenoxy) is 2. The lowest BCUT2D eigenvalue weighted by Crippen LogP contribution is -2.31. The Balaban J connectivity index is 3.79. The van der Waals surface area contributed by atoms with Gasteiger partial charge in [0.2, 0.25) is 5.79 Å². The molecule has 0 amide bonds. The molecule has 0 bridgehead atoms. The number of hydrogen-bond donors (Lipinski definition) is 0. The second-order valence-electron chi connectivity index (χ2n) is 2.77. The summed E-state index contributed by atoms with van der Waals surface area (Å²) in [6, 6.07) is 0. The van der Waals surface area contributed by atoms with Crippen molar-refractivity contribution in [3.63, 3.8) is 0 Å². The fourth-order valence-electron chi connectivity index (χ4n) is 0.744. The van der Waals surface area contributed by atoms with Crippen LogP contribution in [0.1, 0.15) is 20.8 Å². The van der Waals surface area contributed by atoms with Crippen LogP contribution in [-0.4, -0.2) is 17.8 Å². The third kappa shape index (κ3) is 5.10. The maximum atomic E-state index is 5.55. The quantitative estimate of drug-likeness (QED) is 0.366. The van der Waals surface area contributed by atoms with Crippen LogP contribution >= 0.6 is 11.6 Å². The first kappa shape index (κ1) is 10.8. The summed E-state index contributed by atoms with van der Waals surface area (Å²) < 4.78 is 10.5. The molecule has 0 rings (SSSR count). The van der Waals surface area contributed by atoms with Crippen LogP contribution in [0.5, 0.6) is 0 Å². The highest BCUT2D eigenvalue weighted by molar-refractivity contribution is 6.18. The molecule has 11 heavy (non-hydrogen) atoms. The van der Waals surface area contributed by atoms with Crippen LogP contribution in [0.2, 0.25) is 0 Å². The van der Waals surface area contributed by atoms with Crippen molar-refractivity contribution in [3.05, 3.63) is 12.8 Å². The second kappa shape index (κ2) is 4.62. The van der Waals surface area contributed by atoms with Crippen LogP contribution in [-0.2, 0) is 9.47 Å². The normalized spacial score (nSPS) is 14.2. The molecule has 0 saturated heterocycles. The monoisotopic (exact) mass is 178 g/mol. The lowest BCUT2D eigenvalue weighted by molar-refractivity contribution is -0.200. The van der Waals surface area contributed by atoms with E-state index >= 15 is 0 Å². The molecule has 0 aliphatic heterocycles. The first-order valence-corrected chi connectivity index (χ1v) is 4.08. The van der Waals surface area contributed by atoms with E-state index in [1.807, 2.05) is 20.8 Å². The Morgan fingerprint density at radius 3 is 2.55 bits per heavy atom. The summed E-state index contributed by atoms with van der Waals surface area (Å²) in [5.74, 6) is -0.167. The van der Waals surface area contributed by atoms with Crippen LogP contribution in [0.3, 0.4) is 0 Å². The topological polar surface area (TPSA) is 18.5 Å². The molecule has 0 N–H and O–H groups in total. The first-order valence-electron chi connectivity index (χ1n) is 3.54. The third-order valence-electron chi connectivity index (χ3n) is 1.07. The highest BCUT2D eigenvalue weighted by Gasteiger charge is 2.20. The van der Waals surface area contributed by atoms with Gasteiger partial charge in [0.05, 0.1) is 12.4 Å². The molecule has 0 fully saturated rings. The molecule has 1 atom stereocenters. The summed E-state index contributed by atoms with van der Waals surface area (Å²) in [6.45, 7) is 8.97. The Hall–Kier alpha value is -0.210. The molecular weight excluding hydrogens is 164 g/mol. The Labute approximate surface area is 73.1 Å².